The van der Waals surface area contributed by atoms with Crippen LogP contribution in [0.15, 0.2) is 12.4 Å². The van der Waals surface area contributed by atoms with Crippen molar-refractivity contribution in [3.05, 3.63) is 12.4 Å². The Morgan fingerprint density at radius 3 is 3.11 bits per heavy atom. The molecule has 1 atom stereocenters. The number of rotatable bonds is 3. The van der Waals surface area contributed by atoms with Crippen LogP contribution >= 0.6 is 0 Å². The minimum absolute atomic E-state index is 0.164. The lowest BCUT2D eigenvalue weighted by Crippen LogP contribution is -2.44. The summed E-state index contributed by atoms with van der Waals surface area (Å²) in [7, 11) is 0. The van der Waals surface area contributed by atoms with Crippen LogP contribution in [0.3, 0.4) is 0 Å². The van der Waals surface area contributed by atoms with Crippen molar-refractivity contribution in [3.8, 4) is 0 Å². The Kier molecular flexibility index (Phi) is 4.42. The Balaban J connectivity index is 1.89. The lowest BCUT2D eigenvalue weighted by molar-refractivity contribution is 0.0883. The number of anilines is 1. The van der Waals surface area contributed by atoms with Crippen molar-refractivity contribution in [2.45, 2.75) is 39.3 Å². The van der Waals surface area contributed by atoms with E-state index in [2.05, 4.69) is 24.3 Å². The summed E-state index contributed by atoms with van der Waals surface area (Å²) in [5.74, 6) is 0.515. The first-order valence-electron chi connectivity index (χ1n) is 6.81. The predicted molar refractivity (Wildman–Crippen MR) is 72.9 cm³/mol. The topological polar surface area (TPSA) is 70.4 Å². The number of carbonyl (C=O) groups is 1. The van der Waals surface area contributed by atoms with Gasteiger partial charge in [-0.1, -0.05) is 13.8 Å². The van der Waals surface area contributed by atoms with Crippen LogP contribution in [0.25, 0.3) is 0 Å². The highest BCUT2D eigenvalue weighted by Crippen LogP contribution is 2.13. The Bertz CT molecular complexity index is 430. The van der Waals surface area contributed by atoms with E-state index in [9.17, 15) is 9.90 Å². The Labute approximate surface area is 113 Å². The predicted octanol–water partition coefficient (Wildman–Crippen LogP) is 1.53. The van der Waals surface area contributed by atoms with Gasteiger partial charge in [0.25, 0.3) is 0 Å². The fourth-order valence-corrected chi connectivity index (χ4v) is 2.24. The second kappa shape index (κ2) is 6.06. The zero-order chi connectivity index (χ0) is 13.8. The maximum atomic E-state index is 12.0. The van der Waals surface area contributed by atoms with E-state index in [1.807, 2.05) is 10.9 Å². The summed E-state index contributed by atoms with van der Waals surface area (Å²) < 4.78 is 1.82. The summed E-state index contributed by atoms with van der Waals surface area (Å²) in [6, 6.07) is -0.164. The smallest absolute Gasteiger partial charge is 0.322 e. The number of hydrogen-bond acceptors (Lipinski definition) is 3. The zero-order valence-electron chi connectivity index (χ0n) is 11.5. The maximum Gasteiger partial charge on any atom is 0.322 e. The van der Waals surface area contributed by atoms with E-state index in [4.69, 9.17) is 0 Å². The molecule has 0 aromatic carbocycles. The van der Waals surface area contributed by atoms with Gasteiger partial charge >= 0.3 is 6.03 Å². The number of β-amino-alcohol motifs (C(OH)–C–C–N with tert-alkyl or cyclic N) is 1. The summed E-state index contributed by atoms with van der Waals surface area (Å²) in [4.78, 5) is 13.7. The van der Waals surface area contributed by atoms with Gasteiger partial charge in [0.1, 0.15) is 0 Å². The molecule has 1 aliphatic rings. The fourth-order valence-electron chi connectivity index (χ4n) is 2.24. The number of hydrogen-bond donors (Lipinski definition) is 2. The maximum absolute atomic E-state index is 12.0. The van der Waals surface area contributed by atoms with Gasteiger partial charge in [0, 0.05) is 25.8 Å². The van der Waals surface area contributed by atoms with Crippen LogP contribution in [0.4, 0.5) is 10.5 Å². The van der Waals surface area contributed by atoms with Gasteiger partial charge in [0.15, 0.2) is 0 Å². The molecule has 1 fully saturated rings. The van der Waals surface area contributed by atoms with E-state index in [1.165, 1.54) is 0 Å². The molecule has 1 aromatic heterocycles. The molecule has 6 heteroatoms. The SMILES string of the molecule is CC(C)Cn1cc(NC(=O)N2CCCC(O)C2)cn1. The van der Waals surface area contributed by atoms with Crippen LogP contribution in [0.5, 0.6) is 0 Å². The molecule has 19 heavy (non-hydrogen) atoms. The van der Waals surface area contributed by atoms with Crippen molar-refractivity contribution < 1.29 is 9.90 Å². The molecule has 0 aliphatic carbocycles. The van der Waals surface area contributed by atoms with E-state index >= 15 is 0 Å². The molecule has 0 radical (unpaired) electrons. The first kappa shape index (κ1) is 13.9. The first-order chi connectivity index (χ1) is 9.04. The molecule has 1 unspecified atom stereocenters. The summed E-state index contributed by atoms with van der Waals surface area (Å²) in [6.07, 6.45) is 4.71. The van der Waals surface area contributed by atoms with Crippen molar-refractivity contribution in [2.24, 2.45) is 5.92 Å². The van der Waals surface area contributed by atoms with Crippen molar-refractivity contribution >= 4 is 11.7 Å². The molecule has 2 heterocycles. The van der Waals surface area contributed by atoms with Crippen LogP contribution in [0, 0.1) is 5.92 Å². The van der Waals surface area contributed by atoms with E-state index in [1.54, 1.807) is 11.1 Å². The third-order valence-electron chi connectivity index (χ3n) is 3.12. The van der Waals surface area contributed by atoms with Gasteiger partial charge in [-0.2, -0.15) is 5.10 Å². The van der Waals surface area contributed by atoms with Crippen LogP contribution < -0.4 is 5.32 Å². The normalized spacial score (nSPS) is 19.8. The molecule has 1 aliphatic heterocycles. The zero-order valence-corrected chi connectivity index (χ0v) is 11.5. The van der Waals surface area contributed by atoms with Gasteiger partial charge in [-0.15, -0.1) is 0 Å². The molecular formula is C13H22N4O2. The third-order valence-corrected chi connectivity index (χ3v) is 3.12. The number of aliphatic hydroxyl groups is 1. The van der Waals surface area contributed by atoms with Crippen LogP contribution in [-0.2, 0) is 6.54 Å². The van der Waals surface area contributed by atoms with E-state index in [0.29, 0.717) is 24.7 Å². The molecule has 106 valence electrons. The average molecular weight is 266 g/mol. The summed E-state index contributed by atoms with van der Waals surface area (Å²) >= 11 is 0. The second-order valence-corrected chi connectivity index (χ2v) is 5.52. The standard InChI is InChI=1S/C13H22N4O2/c1-10(2)7-17-8-11(6-14-17)15-13(19)16-5-3-4-12(18)9-16/h6,8,10,12,18H,3-5,7,9H2,1-2H3,(H,15,19). The Morgan fingerprint density at radius 2 is 2.42 bits per heavy atom. The van der Waals surface area contributed by atoms with Crippen molar-refractivity contribution in [3.63, 3.8) is 0 Å². The summed E-state index contributed by atoms with van der Waals surface area (Å²) in [5, 5.41) is 16.6. The monoisotopic (exact) mass is 266 g/mol. The summed E-state index contributed by atoms with van der Waals surface area (Å²) in [6.45, 7) is 6.18. The number of aromatic nitrogens is 2. The molecule has 2 N–H and O–H groups in total. The number of piperidine rings is 1. The highest BCUT2D eigenvalue weighted by molar-refractivity contribution is 5.89. The van der Waals surface area contributed by atoms with Crippen molar-refractivity contribution in [1.29, 1.82) is 0 Å². The highest BCUT2D eigenvalue weighted by atomic mass is 16.3. The third kappa shape index (κ3) is 3.96. The van der Waals surface area contributed by atoms with E-state index in [0.717, 1.165) is 19.4 Å². The molecule has 1 saturated heterocycles. The van der Waals surface area contributed by atoms with Gasteiger partial charge < -0.3 is 15.3 Å². The number of urea groups is 1. The molecule has 6 nitrogen and oxygen atoms in total. The Morgan fingerprint density at radius 1 is 1.63 bits per heavy atom. The van der Waals surface area contributed by atoms with Gasteiger partial charge in [-0.25, -0.2) is 4.79 Å². The molecule has 0 saturated carbocycles. The molecule has 2 rings (SSSR count). The van der Waals surface area contributed by atoms with Crippen LogP contribution in [0.1, 0.15) is 26.7 Å². The lowest BCUT2D eigenvalue weighted by Gasteiger charge is -2.29. The van der Waals surface area contributed by atoms with Gasteiger partial charge in [-0.05, 0) is 18.8 Å². The average Bonchev–Trinajstić information content (AvgIpc) is 2.75. The largest absolute Gasteiger partial charge is 0.391 e. The molecule has 1 aromatic rings. The van der Waals surface area contributed by atoms with Crippen LogP contribution in [0.2, 0.25) is 0 Å². The summed E-state index contributed by atoms with van der Waals surface area (Å²) in [5.41, 5.74) is 0.700. The Hall–Kier alpha value is -1.56. The molecule has 0 bridgehead atoms. The van der Waals surface area contributed by atoms with Crippen molar-refractivity contribution in [2.75, 3.05) is 18.4 Å². The number of carbonyl (C=O) groups excluding carboxylic acids is 1. The second-order valence-electron chi connectivity index (χ2n) is 5.52. The molecule has 2 amide bonds. The van der Waals surface area contributed by atoms with Gasteiger partial charge in [0.2, 0.25) is 0 Å². The number of nitrogens with zero attached hydrogens (tertiary/aromatic N) is 3. The van der Waals surface area contributed by atoms with E-state index in [-0.39, 0.29) is 6.03 Å². The molecule has 0 spiro atoms. The highest BCUT2D eigenvalue weighted by Gasteiger charge is 2.22. The minimum Gasteiger partial charge on any atom is -0.391 e. The number of likely N-dealkylation sites (tertiary alicyclic amines) is 1. The van der Waals surface area contributed by atoms with Gasteiger partial charge in [-0.3, -0.25) is 4.68 Å². The van der Waals surface area contributed by atoms with Gasteiger partial charge in [0.05, 0.1) is 18.0 Å². The quantitative estimate of drug-likeness (QED) is 0.871. The van der Waals surface area contributed by atoms with Crippen molar-refractivity contribution in [1.82, 2.24) is 14.7 Å². The first-order valence-corrected chi connectivity index (χ1v) is 6.81. The molecular weight excluding hydrogens is 244 g/mol. The number of amides is 2. The van der Waals surface area contributed by atoms with E-state index < -0.39 is 6.10 Å². The lowest BCUT2D eigenvalue weighted by atomic mass is 10.1. The fraction of sp³-hybridized carbons (Fsp3) is 0.692. The number of aliphatic hydroxyl groups excluding tert-OH is 1. The minimum atomic E-state index is -0.400. The van der Waals surface area contributed by atoms with Crippen LogP contribution in [-0.4, -0.2) is 45.0 Å². The number of nitrogens with one attached hydrogen (secondary N) is 1.